The lowest BCUT2D eigenvalue weighted by Crippen LogP contribution is -2.12. The molecule has 0 spiro atoms. The monoisotopic (exact) mass is 354 g/mol. The van der Waals surface area contributed by atoms with Crippen molar-refractivity contribution in [3.63, 3.8) is 0 Å². The summed E-state index contributed by atoms with van der Waals surface area (Å²) in [7, 11) is 0. The maximum absolute atomic E-state index is 11.2. The van der Waals surface area contributed by atoms with E-state index in [1.807, 2.05) is 36.4 Å². The molecule has 0 aliphatic heterocycles. The third-order valence-electron chi connectivity index (χ3n) is 3.36. The Labute approximate surface area is 151 Å². The normalized spacial score (nSPS) is 12.5. The Balaban J connectivity index is 1.97. The molecule has 0 heterocycles. The van der Waals surface area contributed by atoms with Crippen LogP contribution >= 0.6 is 12.0 Å². The highest BCUT2D eigenvalue weighted by Gasteiger charge is 2.13. The van der Waals surface area contributed by atoms with Crippen molar-refractivity contribution in [3.05, 3.63) is 82.9 Å². The summed E-state index contributed by atoms with van der Waals surface area (Å²) in [6.07, 6.45) is 0.0946. The standard InChI is InChI=1S/C19H18N2O3S/c1-14(17-9-5-8-16(10-17)11-20)23-19(21)18(12-22)24-25-13-15-6-3-2-4-7-15/h2-10,12,14H,13,21H2,1H3/b19-18+. The SMILES string of the molecule is CC(O/C(N)=C(\C=O)OSCc1ccccc1)c1cccc(C#N)c1. The molecule has 25 heavy (non-hydrogen) atoms. The zero-order valence-corrected chi connectivity index (χ0v) is 14.5. The number of hydrogen-bond donors (Lipinski definition) is 1. The van der Waals surface area contributed by atoms with Crippen LogP contribution in [0.3, 0.4) is 0 Å². The minimum atomic E-state index is -0.425. The number of benzene rings is 2. The van der Waals surface area contributed by atoms with Crippen molar-refractivity contribution in [2.24, 2.45) is 5.73 Å². The van der Waals surface area contributed by atoms with E-state index in [1.165, 1.54) is 0 Å². The van der Waals surface area contributed by atoms with Crippen LogP contribution in [-0.4, -0.2) is 6.29 Å². The molecule has 0 aromatic heterocycles. The topological polar surface area (TPSA) is 85.3 Å². The maximum atomic E-state index is 11.2. The van der Waals surface area contributed by atoms with Crippen LogP contribution in [0.5, 0.6) is 0 Å². The number of rotatable bonds is 8. The Hall–Kier alpha value is -2.91. The quantitative estimate of drug-likeness (QED) is 0.336. The Morgan fingerprint density at radius 2 is 2.04 bits per heavy atom. The van der Waals surface area contributed by atoms with Crippen molar-refractivity contribution in [1.82, 2.24) is 0 Å². The molecule has 2 N–H and O–H groups in total. The van der Waals surface area contributed by atoms with Crippen molar-refractivity contribution in [2.75, 3.05) is 0 Å². The van der Waals surface area contributed by atoms with Gasteiger partial charge in [-0.2, -0.15) is 5.26 Å². The van der Waals surface area contributed by atoms with Gasteiger partial charge < -0.3 is 14.7 Å². The van der Waals surface area contributed by atoms with Crippen LogP contribution in [0.1, 0.15) is 29.7 Å². The number of allylic oxidation sites excluding steroid dienone is 1. The zero-order chi connectivity index (χ0) is 18.1. The molecule has 1 unspecified atom stereocenters. The fourth-order valence-electron chi connectivity index (χ4n) is 2.03. The smallest absolute Gasteiger partial charge is 0.236 e. The molecule has 0 bridgehead atoms. The first-order valence-corrected chi connectivity index (χ1v) is 8.50. The third-order valence-corrected chi connectivity index (χ3v) is 4.10. The molecular formula is C19H18N2O3S. The summed E-state index contributed by atoms with van der Waals surface area (Å²) >= 11 is 1.10. The maximum Gasteiger partial charge on any atom is 0.236 e. The fourth-order valence-corrected chi connectivity index (χ4v) is 2.67. The van der Waals surface area contributed by atoms with Gasteiger partial charge in [-0.3, -0.25) is 4.79 Å². The molecular weight excluding hydrogens is 336 g/mol. The van der Waals surface area contributed by atoms with Crippen molar-refractivity contribution < 1.29 is 13.7 Å². The van der Waals surface area contributed by atoms with Crippen molar-refractivity contribution >= 4 is 18.3 Å². The molecule has 0 aliphatic rings. The Morgan fingerprint density at radius 3 is 2.72 bits per heavy atom. The average Bonchev–Trinajstić information content (AvgIpc) is 2.66. The predicted molar refractivity (Wildman–Crippen MR) is 96.8 cm³/mol. The average molecular weight is 354 g/mol. The Morgan fingerprint density at radius 1 is 1.28 bits per heavy atom. The van der Waals surface area contributed by atoms with Gasteiger partial charge in [0.15, 0.2) is 6.29 Å². The molecule has 0 radical (unpaired) electrons. The second kappa shape index (κ2) is 9.40. The van der Waals surface area contributed by atoms with Crippen LogP contribution in [0.4, 0.5) is 0 Å². The highest BCUT2D eigenvalue weighted by atomic mass is 32.2. The highest BCUT2D eigenvalue weighted by Crippen LogP contribution is 2.23. The second-order valence-electron chi connectivity index (χ2n) is 5.17. The van der Waals surface area contributed by atoms with Gasteiger partial charge in [0, 0.05) is 0 Å². The van der Waals surface area contributed by atoms with Gasteiger partial charge in [0.2, 0.25) is 11.6 Å². The number of hydrogen-bond acceptors (Lipinski definition) is 6. The summed E-state index contributed by atoms with van der Waals surface area (Å²) in [4.78, 5) is 11.2. The molecule has 0 saturated carbocycles. The van der Waals surface area contributed by atoms with Gasteiger partial charge in [0.05, 0.1) is 29.4 Å². The lowest BCUT2D eigenvalue weighted by Gasteiger charge is -2.16. The summed E-state index contributed by atoms with van der Waals surface area (Å²) in [5.41, 5.74) is 8.22. The van der Waals surface area contributed by atoms with Crippen LogP contribution in [0.15, 0.2) is 66.2 Å². The number of aldehydes is 1. The summed E-state index contributed by atoms with van der Waals surface area (Å²) < 4.78 is 10.9. The van der Waals surface area contributed by atoms with Crippen molar-refractivity contribution in [3.8, 4) is 6.07 Å². The molecule has 128 valence electrons. The Kier molecular flexibility index (Phi) is 6.93. The summed E-state index contributed by atoms with van der Waals surface area (Å²) in [6.45, 7) is 1.78. The van der Waals surface area contributed by atoms with Gasteiger partial charge in [0.1, 0.15) is 6.10 Å². The Bertz CT molecular complexity index is 785. The largest absolute Gasteiger partial charge is 0.469 e. The van der Waals surface area contributed by atoms with E-state index in [9.17, 15) is 4.79 Å². The lowest BCUT2D eigenvalue weighted by molar-refractivity contribution is -0.106. The van der Waals surface area contributed by atoms with Gasteiger partial charge in [-0.1, -0.05) is 42.5 Å². The van der Waals surface area contributed by atoms with Crippen LogP contribution in [-0.2, 0) is 19.5 Å². The van der Waals surface area contributed by atoms with E-state index < -0.39 is 6.10 Å². The highest BCUT2D eigenvalue weighted by molar-refractivity contribution is 7.94. The fraction of sp³-hybridized carbons (Fsp3) is 0.158. The molecule has 6 heteroatoms. The lowest BCUT2D eigenvalue weighted by atomic mass is 10.1. The molecule has 2 aromatic carbocycles. The first kappa shape index (κ1) is 18.4. The van der Waals surface area contributed by atoms with Gasteiger partial charge in [-0.05, 0) is 30.2 Å². The number of nitriles is 1. The van der Waals surface area contributed by atoms with Crippen molar-refractivity contribution in [2.45, 2.75) is 18.8 Å². The third kappa shape index (κ3) is 5.59. The first-order chi connectivity index (χ1) is 12.1. The van der Waals surface area contributed by atoms with Crippen LogP contribution < -0.4 is 5.73 Å². The summed E-state index contributed by atoms with van der Waals surface area (Å²) in [5.74, 6) is 0.417. The molecule has 1 atom stereocenters. The van der Waals surface area contributed by atoms with Gasteiger partial charge >= 0.3 is 0 Å². The molecule has 0 saturated heterocycles. The minimum Gasteiger partial charge on any atom is -0.469 e. The molecule has 2 aromatic rings. The molecule has 0 aliphatic carbocycles. The van der Waals surface area contributed by atoms with Crippen LogP contribution in [0.25, 0.3) is 0 Å². The van der Waals surface area contributed by atoms with Gasteiger partial charge in [-0.15, -0.1) is 0 Å². The van der Waals surface area contributed by atoms with Crippen molar-refractivity contribution in [1.29, 1.82) is 5.26 Å². The van der Waals surface area contributed by atoms with E-state index >= 15 is 0 Å². The predicted octanol–water partition coefficient (Wildman–Crippen LogP) is 3.83. The second-order valence-corrected chi connectivity index (χ2v) is 5.87. The summed E-state index contributed by atoms with van der Waals surface area (Å²) in [6, 6.07) is 18.8. The van der Waals surface area contributed by atoms with Gasteiger partial charge in [-0.25, -0.2) is 0 Å². The zero-order valence-electron chi connectivity index (χ0n) is 13.7. The van der Waals surface area contributed by atoms with E-state index in [0.29, 0.717) is 17.6 Å². The number of nitrogens with two attached hydrogens (primary N) is 1. The number of nitrogens with zero attached hydrogens (tertiary/aromatic N) is 1. The number of carbonyl (C=O) groups excluding carboxylic acids is 1. The molecule has 0 amide bonds. The van der Waals surface area contributed by atoms with E-state index in [0.717, 1.165) is 23.2 Å². The van der Waals surface area contributed by atoms with E-state index in [4.69, 9.17) is 19.9 Å². The van der Waals surface area contributed by atoms with Gasteiger partial charge in [0.25, 0.3) is 0 Å². The first-order valence-electron chi connectivity index (χ1n) is 7.59. The molecule has 5 nitrogen and oxygen atoms in total. The van der Waals surface area contributed by atoms with E-state index in [2.05, 4.69) is 6.07 Å². The molecule has 0 fully saturated rings. The van der Waals surface area contributed by atoms with E-state index in [1.54, 1.807) is 25.1 Å². The minimum absolute atomic E-state index is 0.0655. The van der Waals surface area contributed by atoms with E-state index in [-0.39, 0.29) is 11.6 Å². The van der Waals surface area contributed by atoms with Crippen LogP contribution in [0.2, 0.25) is 0 Å². The van der Waals surface area contributed by atoms with Crippen LogP contribution in [0, 0.1) is 11.3 Å². The molecule has 2 rings (SSSR count). The number of carbonyl (C=O) groups is 1. The summed E-state index contributed by atoms with van der Waals surface area (Å²) in [5, 5.41) is 8.95. The number of ether oxygens (including phenoxy) is 1.